The van der Waals surface area contributed by atoms with E-state index in [0.29, 0.717) is 10.2 Å². The number of hydrogen-bond acceptors (Lipinski definition) is 4. The lowest BCUT2D eigenvalue weighted by Gasteiger charge is -1.96. The molecule has 3 rings (SSSR count). The van der Waals surface area contributed by atoms with Gasteiger partial charge in [-0.05, 0) is 30.3 Å². The van der Waals surface area contributed by atoms with Crippen LogP contribution in [0.15, 0.2) is 47.5 Å². The number of nitrogens with one attached hydrogen (secondary N) is 1. The summed E-state index contributed by atoms with van der Waals surface area (Å²) in [7, 11) is 0. The number of rotatable bonds is 3. The van der Waals surface area contributed by atoms with Crippen molar-refractivity contribution in [1.82, 2.24) is 9.97 Å². The molecule has 120 valence electrons. The van der Waals surface area contributed by atoms with Crippen LogP contribution in [0.3, 0.4) is 0 Å². The maximum Gasteiger partial charge on any atom is 0.266 e. The summed E-state index contributed by atoms with van der Waals surface area (Å²) >= 11 is 0.946. The molecule has 2 heterocycles. The van der Waals surface area contributed by atoms with Gasteiger partial charge in [-0.2, -0.15) is 0 Å². The normalized spacial score (nSPS) is 12.6. The SMILES string of the molecule is O=C(/C=c1/[nH]c(=O)/c(=C/c2c(F)cccc2F)s1)c1ccncc1. The minimum Gasteiger partial charge on any atom is -0.313 e. The van der Waals surface area contributed by atoms with Gasteiger partial charge in [-0.3, -0.25) is 14.6 Å². The van der Waals surface area contributed by atoms with Gasteiger partial charge in [0.05, 0.1) is 9.20 Å². The molecule has 0 bridgehead atoms. The molecule has 0 amide bonds. The molecular formula is C17H10F2N2O2S. The average Bonchev–Trinajstić information content (AvgIpc) is 2.91. The van der Waals surface area contributed by atoms with Gasteiger partial charge in [-0.15, -0.1) is 11.3 Å². The lowest BCUT2D eigenvalue weighted by Crippen LogP contribution is -2.20. The number of hydrogen-bond donors (Lipinski definition) is 1. The Labute approximate surface area is 138 Å². The third-order valence-electron chi connectivity index (χ3n) is 3.18. The lowest BCUT2D eigenvalue weighted by atomic mass is 10.2. The second-order valence-corrected chi connectivity index (χ2v) is 5.89. The molecule has 2 aromatic heterocycles. The van der Waals surface area contributed by atoms with E-state index in [1.165, 1.54) is 24.5 Å². The Morgan fingerprint density at radius 2 is 1.79 bits per heavy atom. The molecule has 0 saturated carbocycles. The van der Waals surface area contributed by atoms with Crippen LogP contribution >= 0.6 is 11.3 Å². The fourth-order valence-corrected chi connectivity index (χ4v) is 2.89. The fraction of sp³-hybridized carbons (Fsp3) is 0. The van der Waals surface area contributed by atoms with Gasteiger partial charge < -0.3 is 4.98 Å². The highest BCUT2D eigenvalue weighted by atomic mass is 32.1. The van der Waals surface area contributed by atoms with Crippen LogP contribution in [0.2, 0.25) is 0 Å². The highest BCUT2D eigenvalue weighted by molar-refractivity contribution is 7.07. The minimum absolute atomic E-state index is 0.104. The molecular weight excluding hydrogens is 334 g/mol. The summed E-state index contributed by atoms with van der Waals surface area (Å²) in [4.78, 5) is 30.3. The van der Waals surface area contributed by atoms with Crippen molar-refractivity contribution in [1.29, 1.82) is 0 Å². The standard InChI is InChI=1S/C17H10F2N2O2S/c18-12-2-1-3-13(19)11(12)8-15-17(23)21-16(24-15)9-14(22)10-4-6-20-7-5-10/h1-9H,(H,21,23)/b15-8-,16-9-. The number of H-pyrrole nitrogens is 1. The Morgan fingerprint density at radius 3 is 2.46 bits per heavy atom. The Kier molecular flexibility index (Phi) is 4.43. The Balaban J connectivity index is 2.06. The minimum atomic E-state index is -0.763. The maximum atomic E-state index is 13.7. The first-order valence-corrected chi connectivity index (χ1v) is 7.67. The quantitative estimate of drug-likeness (QED) is 0.734. The summed E-state index contributed by atoms with van der Waals surface area (Å²) in [5.41, 5.74) is -0.391. The molecule has 0 aliphatic rings. The summed E-state index contributed by atoms with van der Waals surface area (Å²) in [6.45, 7) is 0. The number of nitrogens with zero attached hydrogens (tertiary/aromatic N) is 1. The first-order chi connectivity index (χ1) is 11.5. The van der Waals surface area contributed by atoms with Gasteiger partial charge in [0.15, 0.2) is 5.78 Å². The van der Waals surface area contributed by atoms with Crippen LogP contribution in [-0.2, 0) is 0 Å². The first-order valence-electron chi connectivity index (χ1n) is 6.85. The maximum absolute atomic E-state index is 13.7. The highest BCUT2D eigenvalue weighted by Crippen LogP contribution is 2.12. The van der Waals surface area contributed by atoms with E-state index in [4.69, 9.17) is 0 Å². The molecule has 0 aliphatic heterocycles. The Hall–Kier alpha value is -2.93. The number of halogens is 2. The van der Waals surface area contributed by atoms with E-state index in [0.717, 1.165) is 29.5 Å². The molecule has 0 atom stereocenters. The van der Waals surface area contributed by atoms with E-state index in [2.05, 4.69) is 9.97 Å². The molecule has 4 nitrogen and oxygen atoms in total. The monoisotopic (exact) mass is 344 g/mol. The average molecular weight is 344 g/mol. The van der Waals surface area contributed by atoms with E-state index >= 15 is 0 Å². The summed E-state index contributed by atoms with van der Waals surface area (Å²) in [6.07, 6.45) is 5.36. The van der Waals surface area contributed by atoms with Crippen molar-refractivity contribution in [2.45, 2.75) is 0 Å². The van der Waals surface area contributed by atoms with Crippen LogP contribution < -0.4 is 14.8 Å². The van der Waals surface area contributed by atoms with Crippen molar-refractivity contribution in [3.05, 3.63) is 85.0 Å². The van der Waals surface area contributed by atoms with Gasteiger partial charge >= 0.3 is 0 Å². The zero-order valence-electron chi connectivity index (χ0n) is 12.1. The van der Waals surface area contributed by atoms with Crippen LogP contribution in [0, 0.1) is 11.6 Å². The summed E-state index contributed by atoms with van der Waals surface area (Å²) < 4.78 is 27.7. The van der Waals surface area contributed by atoms with Gasteiger partial charge in [0, 0.05) is 29.6 Å². The van der Waals surface area contributed by atoms with E-state index < -0.39 is 17.2 Å². The number of aromatic nitrogens is 2. The van der Waals surface area contributed by atoms with Crippen molar-refractivity contribution in [2.24, 2.45) is 0 Å². The van der Waals surface area contributed by atoms with E-state index in [-0.39, 0.29) is 15.9 Å². The van der Waals surface area contributed by atoms with Crippen molar-refractivity contribution < 1.29 is 13.6 Å². The topological polar surface area (TPSA) is 62.8 Å². The van der Waals surface area contributed by atoms with Gasteiger partial charge in [-0.25, -0.2) is 8.78 Å². The van der Waals surface area contributed by atoms with E-state index in [9.17, 15) is 18.4 Å². The number of benzene rings is 1. The number of ketones is 1. The zero-order valence-corrected chi connectivity index (χ0v) is 12.9. The second kappa shape index (κ2) is 6.67. The number of Topliss-reactive ketones (excluding diaryl/α,β-unsaturated/α-hetero) is 1. The predicted octanol–water partition coefficient (Wildman–Crippen LogP) is 1.60. The molecule has 24 heavy (non-hydrogen) atoms. The van der Waals surface area contributed by atoms with Crippen LogP contribution in [-0.4, -0.2) is 15.8 Å². The van der Waals surface area contributed by atoms with Crippen molar-refractivity contribution >= 4 is 29.3 Å². The third kappa shape index (κ3) is 3.36. The summed E-state index contributed by atoms with van der Waals surface area (Å²) in [5.74, 6) is -1.83. The predicted molar refractivity (Wildman–Crippen MR) is 87.1 cm³/mol. The molecule has 0 spiro atoms. The Morgan fingerprint density at radius 1 is 1.12 bits per heavy atom. The largest absolute Gasteiger partial charge is 0.313 e. The number of thiazole rings is 1. The van der Waals surface area contributed by atoms with Gasteiger partial charge in [0.1, 0.15) is 11.6 Å². The highest BCUT2D eigenvalue weighted by Gasteiger charge is 2.07. The van der Waals surface area contributed by atoms with E-state index in [1.807, 2.05) is 0 Å². The molecule has 0 fully saturated rings. The molecule has 0 saturated heterocycles. The molecule has 0 unspecified atom stereocenters. The smallest absolute Gasteiger partial charge is 0.266 e. The molecule has 0 aliphatic carbocycles. The summed E-state index contributed by atoms with van der Waals surface area (Å²) in [5, 5.41) is 0. The zero-order chi connectivity index (χ0) is 17.1. The molecule has 3 aromatic rings. The van der Waals surface area contributed by atoms with Gasteiger partial charge in [0.2, 0.25) is 0 Å². The van der Waals surface area contributed by atoms with Crippen molar-refractivity contribution in [2.75, 3.05) is 0 Å². The third-order valence-corrected chi connectivity index (χ3v) is 4.15. The fourth-order valence-electron chi connectivity index (χ4n) is 2.02. The summed E-state index contributed by atoms with van der Waals surface area (Å²) in [6, 6.07) is 6.55. The number of pyridine rings is 1. The number of carbonyl (C=O) groups is 1. The molecule has 1 aromatic carbocycles. The first kappa shape index (κ1) is 15.9. The number of carbonyl (C=O) groups excluding carboxylic acids is 1. The van der Waals surface area contributed by atoms with Crippen LogP contribution in [0.5, 0.6) is 0 Å². The second-order valence-electron chi connectivity index (χ2n) is 4.81. The van der Waals surface area contributed by atoms with Crippen molar-refractivity contribution in [3.63, 3.8) is 0 Å². The van der Waals surface area contributed by atoms with Crippen molar-refractivity contribution in [3.8, 4) is 0 Å². The number of aromatic amines is 1. The Bertz CT molecular complexity index is 1050. The van der Waals surface area contributed by atoms with Gasteiger partial charge in [-0.1, -0.05) is 6.07 Å². The van der Waals surface area contributed by atoms with Crippen LogP contribution in [0.1, 0.15) is 15.9 Å². The lowest BCUT2D eigenvalue weighted by molar-refractivity contribution is 0.106. The van der Waals surface area contributed by atoms with Gasteiger partial charge in [0.25, 0.3) is 5.56 Å². The molecule has 0 radical (unpaired) electrons. The molecule has 1 N–H and O–H groups in total. The van der Waals surface area contributed by atoms with Crippen LogP contribution in [0.25, 0.3) is 12.2 Å². The van der Waals surface area contributed by atoms with E-state index in [1.54, 1.807) is 12.1 Å². The molecule has 7 heteroatoms. The van der Waals surface area contributed by atoms with Crippen LogP contribution in [0.4, 0.5) is 8.78 Å².